The summed E-state index contributed by atoms with van der Waals surface area (Å²) in [6, 6.07) is 5.69. The van der Waals surface area contributed by atoms with Gasteiger partial charge in [0.15, 0.2) is 0 Å². The molecule has 1 aromatic carbocycles. The van der Waals surface area contributed by atoms with Gasteiger partial charge in [0.25, 0.3) is 0 Å². The molecule has 0 bridgehead atoms. The fourth-order valence-corrected chi connectivity index (χ4v) is 3.03. The van der Waals surface area contributed by atoms with E-state index in [0.29, 0.717) is 26.3 Å². The van der Waals surface area contributed by atoms with E-state index in [0.717, 1.165) is 0 Å². The number of hydrogen-bond donors (Lipinski definition) is 1. The fourth-order valence-electron chi connectivity index (χ4n) is 1.58. The second-order valence-corrected chi connectivity index (χ2v) is 5.45. The molecule has 1 aliphatic heterocycles. The summed E-state index contributed by atoms with van der Waals surface area (Å²) in [5.41, 5.74) is 0. The van der Waals surface area contributed by atoms with Gasteiger partial charge in [0.2, 0.25) is 10.0 Å². The summed E-state index contributed by atoms with van der Waals surface area (Å²) in [4.78, 5) is 0.120. The maximum Gasteiger partial charge on any atom is 0.243 e. The highest BCUT2D eigenvalue weighted by atomic mass is 32.2. The monoisotopic (exact) mass is 243 g/mol. The molecule has 16 heavy (non-hydrogen) atoms. The molecule has 2 rings (SSSR count). The van der Waals surface area contributed by atoms with Crippen LogP contribution < -0.4 is 0 Å². The van der Waals surface area contributed by atoms with Crippen molar-refractivity contribution in [2.75, 3.05) is 26.3 Å². The first kappa shape index (κ1) is 11.4. The molecule has 0 radical (unpaired) electrons. The quantitative estimate of drug-likeness (QED) is 0.817. The summed E-state index contributed by atoms with van der Waals surface area (Å²) in [5.74, 6) is -0.0469. The van der Waals surface area contributed by atoms with Crippen molar-refractivity contribution < 1.29 is 18.3 Å². The van der Waals surface area contributed by atoms with Gasteiger partial charge in [-0.25, -0.2) is 8.42 Å². The van der Waals surface area contributed by atoms with Crippen LogP contribution in [0, 0.1) is 0 Å². The van der Waals surface area contributed by atoms with Crippen molar-refractivity contribution in [3.05, 3.63) is 24.3 Å². The third-order valence-electron chi connectivity index (χ3n) is 2.43. The van der Waals surface area contributed by atoms with Crippen LogP contribution in [0.25, 0.3) is 0 Å². The minimum absolute atomic E-state index is 0.0469. The maximum absolute atomic E-state index is 12.1. The SMILES string of the molecule is O=S(=O)(c1cccc(O)c1)N1CCOCC1. The van der Waals surface area contributed by atoms with E-state index in [-0.39, 0.29) is 10.6 Å². The lowest BCUT2D eigenvalue weighted by Gasteiger charge is -2.26. The Morgan fingerprint density at radius 3 is 2.56 bits per heavy atom. The van der Waals surface area contributed by atoms with Crippen LogP contribution in [0.4, 0.5) is 0 Å². The van der Waals surface area contributed by atoms with Gasteiger partial charge in [-0.15, -0.1) is 0 Å². The van der Waals surface area contributed by atoms with E-state index in [2.05, 4.69) is 0 Å². The molecule has 0 amide bonds. The van der Waals surface area contributed by atoms with Crippen LogP contribution in [-0.2, 0) is 14.8 Å². The van der Waals surface area contributed by atoms with Gasteiger partial charge in [-0.3, -0.25) is 0 Å². The number of benzene rings is 1. The van der Waals surface area contributed by atoms with Gasteiger partial charge in [-0.05, 0) is 18.2 Å². The third kappa shape index (κ3) is 2.18. The summed E-state index contributed by atoms with van der Waals surface area (Å²) in [7, 11) is -3.49. The summed E-state index contributed by atoms with van der Waals surface area (Å²) >= 11 is 0. The van der Waals surface area contributed by atoms with Gasteiger partial charge in [0.1, 0.15) is 5.75 Å². The summed E-state index contributed by atoms with van der Waals surface area (Å²) in [6.45, 7) is 1.55. The van der Waals surface area contributed by atoms with Crippen LogP contribution >= 0.6 is 0 Å². The number of hydrogen-bond acceptors (Lipinski definition) is 4. The number of rotatable bonds is 2. The first-order valence-corrected chi connectivity index (χ1v) is 6.41. The van der Waals surface area contributed by atoms with Crippen LogP contribution in [0.5, 0.6) is 5.75 Å². The zero-order valence-corrected chi connectivity index (χ0v) is 9.48. The van der Waals surface area contributed by atoms with Gasteiger partial charge in [0, 0.05) is 13.1 Å². The van der Waals surface area contributed by atoms with Crippen molar-refractivity contribution >= 4 is 10.0 Å². The molecule has 0 unspecified atom stereocenters. The van der Waals surface area contributed by atoms with Crippen LogP contribution in [0.15, 0.2) is 29.2 Å². The van der Waals surface area contributed by atoms with Crippen molar-refractivity contribution in [2.24, 2.45) is 0 Å². The van der Waals surface area contributed by atoms with Gasteiger partial charge < -0.3 is 9.84 Å². The van der Waals surface area contributed by atoms with Crippen LogP contribution in [-0.4, -0.2) is 44.1 Å². The first-order chi connectivity index (χ1) is 7.60. The maximum atomic E-state index is 12.1. The van der Waals surface area contributed by atoms with E-state index >= 15 is 0 Å². The molecule has 1 heterocycles. The highest BCUT2D eigenvalue weighted by Gasteiger charge is 2.26. The third-order valence-corrected chi connectivity index (χ3v) is 4.32. The molecule has 88 valence electrons. The molecule has 6 heteroatoms. The molecular formula is C10H13NO4S. The van der Waals surface area contributed by atoms with E-state index in [1.165, 1.54) is 28.6 Å². The van der Waals surface area contributed by atoms with Gasteiger partial charge in [0.05, 0.1) is 18.1 Å². The van der Waals surface area contributed by atoms with Gasteiger partial charge in [-0.2, -0.15) is 4.31 Å². The molecule has 1 aromatic rings. The number of sulfonamides is 1. The standard InChI is InChI=1S/C10H13NO4S/c12-9-2-1-3-10(8-9)16(13,14)11-4-6-15-7-5-11/h1-3,8,12H,4-7H2. The van der Waals surface area contributed by atoms with Crippen molar-refractivity contribution in [3.8, 4) is 5.75 Å². The van der Waals surface area contributed by atoms with E-state index in [1.54, 1.807) is 0 Å². The molecule has 5 nitrogen and oxygen atoms in total. The van der Waals surface area contributed by atoms with E-state index in [4.69, 9.17) is 4.74 Å². The number of morpholine rings is 1. The lowest BCUT2D eigenvalue weighted by molar-refractivity contribution is 0.0730. The minimum Gasteiger partial charge on any atom is -0.508 e. The molecule has 1 fully saturated rings. The molecule has 1 saturated heterocycles. The number of aromatic hydroxyl groups is 1. The molecule has 0 spiro atoms. The Kier molecular flexibility index (Phi) is 3.13. The lowest BCUT2D eigenvalue weighted by Crippen LogP contribution is -2.40. The fraction of sp³-hybridized carbons (Fsp3) is 0.400. The van der Waals surface area contributed by atoms with Crippen molar-refractivity contribution in [2.45, 2.75) is 4.90 Å². The molecule has 1 N–H and O–H groups in total. The molecule has 0 aromatic heterocycles. The largest absolute Gasteiger partial charge is 0.508 e. The van der Waals surface area contributed by atoms with Crippen LogP contribution in [0.3, 0.4) is 0 Å². The predicted octanol–water partition coefficient (Wildman–Crippen LogP) is 0.413. The molecule has 0 atom stereocenters. The minimum atomic E-state index is -3.49. The Hall–Kier alpha value is -1.11. The van der Waals surface area contributed by atoms with Crippen LogP contribution in [0.2, 0.25) is 0 Å². The summed E-state index contributed by atoms with van der Waals surface area (Å²) < 4.78 is 30.7. The average molecular weight is 243 g/mol. The van der Waals surface area contributed by atoms with Crippen molar-refractivity contribution in [1.29, 1.82) is 0 Å². The molecule has 1 aliphatic rings. The van der Waals surface area contributed by atoms with E-state index < -0.39 is 10.0 Å². The number of phenolic OH excluding ortho intramolecular Hbond substituents is 1. The van der Waals surface area contributed by atoms with Gasteiger partial charge in [-0.1, -0.05) is 6.07 Å². The zero-order valence-electron chi connectivity index (χ0n) is 8.67. The Balaban J connectivity index is 2.30. The summed E-state index contributed by atoms with van der Waals surface area (Å²) in [6.07, 6.45) is 0. The Morgan fingerprint density at radius 1 is 1.25 bits per heavy atom. The van der Waals surface area contributed by atoms with E-state index in [9.17, 15) is 13.5 Å². The smallest absolute Gasteiger partial charge is 0.243 e. The van der Waals surface area contributed by atoms with E-state index in [1.807, 2.05) is 0 Å². The van der Waals surface area contributed by atoms with Crippen LogP contribution in [0.1, 0.15) is 0 Å². The predicted molar refractivity (Wildman–Crippen MR) is 57.7 cm³/mol. The Morgan fingerprint density at radius 2 is 1.94 bits per heavy atom. The number of nitrogens with zero attached hydrogens (tertiary/aromatic N) is 1. The Labute approximate surface area is 94.3 Å². The second kappa shape index (κ2) is 4.40. The normalized spacial score (nSPS) is 18.5. The molecular weight excluding hydrogens is 230 g/mol. The molecule has 0 saturated carbocycles. The van der Waals surface area contributed by atoms with Gasteiger partial charge >= 0.3 is 0 Å². The summed E-state index contributed by atoms with van der Waals surface area (Å²) in [5, 5.41) is 9.27. The van der Waals surface area contributed by atoms with Crippen molar-refractivity contribution in [3.63, 3.8) is 0 Å². The average Bonchev–Trinajstić information content (AvgIpc) is 2.30. The topological polar surface area (TPSA) is 66.8 Å². The number of ether oxygens (including phenoxy) is 1. The lowest BCUT2D eigenvalue weighted by atomic mass is 10.3. The molecule has 0 aliphatic carbocycles. The highest BCUT2D eigenvalue weighted by Crippen LogP contribution is 2.20. The Bertz CT molecular complexity index is 465. The zero-order chi connectivity index (χ0) is 11.6. The van der Waals surface area contributed by atoms with Crippen molar-refractivity contribution in [1.82, 2.24) is 4.31 Å². The first-order valence-electron chi connectivity index (χ1n) is 4.97. The second-order valence-electron chi connectivity index (χ2n) is 3.51. The number of phenols is 1. The highest BCUT2D eigenvalue weighted by molar-refractivity contribution is 7.89.